The van der Waals surface area contributed by atoms with Gasteiger partial charge in [-0.05, 0) is 54.7 Å². The maximum Gasteiger partial charge on any atom is 0.419 e. The molecule has 210 valence electrons. The number of anilines is 2. The summed E-state index contributed by atoms with van der Waals surface area (Å²) in [4.78, 5) is 21.9. The van der Waals surface area contributed by atoms with Crippen LogP contribution in [0.15, 0.2) is 42.6 Å². The Bertz CT molecular complexity index is 1540. The molecule has 0 atom stereocenters. The van der Waals surface area contributed by atoms with Crippen molar-refractivity contribution in [1.29, 1.82) is 0 Å². The first-order chi connectivity index (χ1) is 19.1. The number of nitrogens with zero attached hydrogens (tertiary/aromatic N) is 4. The zero-order valence-corrected chi connectivity index (χ0v) is 22.3. The smallest absolute Gasteiger partial charge is 0.351 e. The molecule has 2 aromatic carbocycles. The summed E-state index contributed by atoms with van der Waals surface area (Å²) in [6.45, 7) is 2.06. The molecular formula is C29H30F4N6O. The Morgan fingerprint density at radius 1 is 1.10 bits per heavy atom. The number of fused-ring (bicyclic) bond motifs is 1. The van der Waals surface area contributed by atoms with E-state index in [-0.39, 0.29) is 17.8 Å². The number of alkyl halides is 3. The van der Waals surface area contributed by atoms with Crippen molar-refractivity contribution in [3.05, 3.63) is 65.1 Å². The lowest BCUT2D eigenvalue weighted by Gasteiger charge is -2.22. The minimum atomic E-state index is -4.80. The number of aryl methyl sites for hydroxylation is 2. The molecule has 1 saturated carbocycles. The van der Waals surface area contributed by atoms with Gasteiger partial charge < -0.3 is 10.6 Å². The van der Waals surface area contributed by atoms with Crippen molar-refractivity contribution < 1.29 is 22.4 Å². The van der Waals surface area contributed by atoms with Crippen molar-refractivity contribution in [1.82, 2.24) is 19.7 Å². The highest BCUT2D eigenvalue weighted by atomic mass is 19.4. The summed E-state index contributed by atoms with van der Waals surface area (Å²) >= 11 is 0. The number of nitrogens with one attached hydrogen (secondary N) is 2. The van der Waals surface area contributed by atoms with E-state index >= 15 is 0 Å². The van der Waals surface area contributed by atoms with Crippen LogP contribution >= 0.6 is 0 Å². The Morgan fingerprint density at radius 3 is 2.58 bits per heavy atom. The topological polar surface area (TPSA) is 84.7 Å². The summed E-state index contributed by atoms with van der Waals surface area (Å²) in [5.74, 6) is -1.03. The first kappa shape index (κ1) is 27.5. The van der Waals surface area contributed by atoms with E-state index in [9.17, 15) is 22.4 Å². The average molecular weight is 555 g/mol. The van der Waals surface area contributed by atoms with E-state index in [2.05, 4.69) is 27.6 Å². The van der Waals surface area contributed by atoms with E-state index < -0.39 is 23.5 Å². The van der Waals surface area contributed by atoms with Gasteiger partial charge in [0.05, 0.1) is 23.2 Å². The second kappa shape index (κ2) is 11.2. The van der Waals surface area contributed by atoms with Crippen LogP contribution in [0.2, 0.25) is 0 Å². The molecule has 2 heterocycles. The van der Waals surface area contributed by atoms with Gasteiger partial charge in [-0.15, -0.1) is 0 Å². The lowest BCUT2D eigenvalue weighted by atomic mass is 9.96. The SMILES string of the molecule is CCc1cc(-c2cc(NC(=O)Cc3ccc(C(F)(F)F)c(F)c3)nn2C)cc2cnc(NC3CCCCC3)nc12. The fraction of sp³-hybridized carbons (Fsp3) is 0.379. The van der Waals surface area contributed by atoms with Gasteiger partial charge in [-0.1, -0.05) is 32.3 Å². The van der Waals surface area contributed by atoms with Gasteiger partial charge in [0.1, 0.15) is 5.82 Å². The van der Waals surface area contributed by atoms with Gasteiger partial charge in [0.15, 0.2) is 5.82 Å². The molecule has 1 amide bonds. The maximum absolute atomic E-state index is 13.9. The number of carbonyl (C=O) groups excluding carboxylic acids is 1. The molecule has 2 N–H and O–H groups in total. The van der Waals surface area contributed by atoms with Gasteiger partial charge in [0.25, 0.3) is 0 Å². The Balaban J connectivity index is 1.33. The second-order valence-electron chi connectivity index (χ2n) is 10.2. The van der Waals surface area contributed by atoms with Crippen molar-refractivity contribution in [2.45, 2.75) is 64.1 Å². The molecule has 5 rings (SSSR count). The summed E-state index contributed by atoms with van der Waals surface area (Å²) in [7, 11) is 1.75. The molecule has 2 aromatic heterocycles. The normalized spacial score (nSPS) is 14.4. The molecular weight excluding hydrogens is 524 g/mol. The largest absolute Gasteiger partial charge is 0.419 e. The first-order valence-corrected chi connectivity index (χ1v) is 13.4. The Kier molecular flexibility index (Phi) is 7.73. The van der Waals surface area contributed by atoms with E-state index in [4.69, 9.17) is 4.98 Å². The highest BCUT2D eigenvalue weighted by Gasteiger charge is 2.34. The van der Waals surface area contributed by atoms with Crippen LogP contribution in [-0.2, 0) is 30.9 Å². The van der Waals surface area contributed by atoms with Crippen molar-refractivity contribution in [3.8, 4) is 11.3 Å². The quantitative estimate of drug-likeness (QED) is 0.249. The lowest BCUT2D eigenvalue weighted by molar-refractivity contribution is -0.140. The summed E-state index contributed by atoms with van der Waals surface area (Å²) in [5.41, 5.74) is 2.32. The molecule has 1 aliphatic carbocycles. The number of carbonyl (C=O) groups is 1. The molecule has 0 saturated heterocycles. The molecule has 0 unspecified atom stereocenters. The van der Waals surface area contributed by atoms with E-state index in [1.54, 1.807) is 17.8 Å². The Labute approximate surface area is 229 Å². The number of hydrogen-bond donors (Lipinski definition) is 2. The number of amides is 1. The molecule has 0 spiro atoms. The van der Waals surface area contributed by atoms with Gasteiger partial charge in [-0.3, -0.25) is 9.48 Å². The number of benzene rings is 2. The van der Waals surface area contributed by atoms with E-state index in [0.717, 1.165) is 59.1 Å². The monoisotopic (exact) mass is 554 g/mol. The van der Waals surface area contributed by atoms with Crippen LogP contribution in [0.25, 0.3) is 22.2 Å². The third-order valence-electron chi connectivity index (χ3n) is 7.23. The lowest BCUT2D eigenvalue weighted by Crippen LogP contribution is -2.23. The molecule has 4 aromatic rings. The van der Waals surface area contributed by atoms with E-state index in [1.165, 1.54) is 19.3 Å². The van der Waals surface area contributed by atoms with Gasteiger partial charge >= 0.3 is 6.18 Å². The summed E-state index contributed by atoms with van der Waals surface area (Å²) in [5, 5.41) is 11.4. The Hall–Kier alpha value is -4.02. The van der Waals surface area contributed by atoms with Crippen molar-refractivity contribution in [3.63, 3.8) is 0 Å². The number of halogens is 4. The maximum atomic E-state index is 13.9. The fourth-order valence-electron chi connectivity index (χ4n) is 5.21. The van der Waals surface area contributed by atoms with Crippen molar-refractivity contribution >= 4 is 28.6 Å². The van der Waals surface area contributed by atoms with E-state index in [1.807, 2.05) is 18.3 Å². The number of aromatic nitrogens is 4. The fourth-order valence-corrected chi connectivity index (χ4v) is 5.21. The van der Waals surface area contributed by atoms with Gasteiger partial charge in [0.2, 0.25) is 11.9 Å². The van der Waals surface area contributed by atoms with Crippen LogP contribution in [0.3, 0.4) is 0 Å². The third-order valence-corrected chi connectivity index (χ3v) is 7.23. The third kappa shape index (κ3) is 6.08. The van der Waals surface area contributed by atoms with Gasteiger partial charge in [0, 0.05) is 36.3 Å². The molecule has 0 radical (unpaired) electrons. The van der Waals surface area contributed by atoms with Crippen LogP contribution in [0.4, 0.5) is 29.3 Å². The molecule has 1 aliphatic rings. The summed E-state index contributed by atoms with van der Waals surface area (Å²) in [6, 6.07) is 8.60. The molecule has 11 heteroatoms. The second-order valence-corrected chi connectivity index (χ2v) is 10.2. The highest BCUT2D eigenvalue weighted by Crippen LogP contribution is 2.32. The van der Waals surface area contributed by atoms with Crippen LogP contribution < -0.4 is 10.6 Å². The Morgan fingerprint density at radius 2 is 1.88 bits per heavy atom. The van der Waals surface area contributed by atoms with Crippen LogP contribution in [0.1, 0.15) is 55.7 Å². The molecule has 0 bridgehead atoms. The molecule has 1 fully saturated rings. The molecule has 40 heavy (non-hydrogen) atoms. The summed E-state index contributed by atoms with van der Waals surface area (Å²) < 4.78 is 53.9. The van der Waals surface area contributed by atoms with Crippen molar-refractivity contribution in [2.24, 2.45) is 7.05 Å². The van der Waals surface area contributed by atoms with Gasteiger partial charge in [-0.2, -0.15) is 18.3 Å². The van der Waals surface area contributed by atoms with Crippen LogP contribution in [0, 0.1) is 5.82 Å². The zero-order chi connectivity index (χ0) is 28.4. The van der Waals surface area contributed by atoms with E-state index in [0.29, 0.717) is 18.1 Å². The standard InChI is InChI=1S/C29H30F4N6O/c1-3-18-13-19(14-20-16-34-28(37-27(18)20)35-21-7-5-4-6-8-21)24-15-25(38-39(24)2)36-26(40)12-17-9-10-22(23(30)11-17)29(31,32)33/h9-11,13-16,21H,3-8,12H2,1-2H3,(H,34,35,37)(H,36,38,40). The molecule has 0 aliphatic heterocycles. The number of hydrogen-bond acceptors (Lipinski definition) is 5. The van der Waals surface area contributed by atoms with Crippen molar-refractivity contribution in [2.75, 3.05) is 10.6 Å². The predicted molar refractivity (Wildman–Crippen MR) is 145 cm³/mol. The first-order valence-electron chi connectivity index (χ1n) is 13.4. The van der Waals surface area contributed by atoms with Gasteiger partial charge in [-0.25, -0.2) is 14.4 Å². The zero-order valence-electron chi connectivity index (χ0n) is 22.3. The summed E-state index contributed by atoms with van der Waals surface area (Å²) in [6.07, 6.45) is 3.45. The number of rotatable bonds is 7. The van der Waals surface area contributed by atoms with Crippen LogP contribution in [0.5, 0.6) is 0 Å². The highest BCUT2D eigenvalue weighted by molar-refractivity contribution is 5.92. The minimum absolute atomic E-state index is 0.124. The van der Waals surface area contributed by atoms with Crippen LogP contribution in [-0.4, -0.2) is 31.7 Å². The minimum Gasteiger partial charge on any atom is -0.351 e. The average Bonchev–Trinajstić information content (AvgIpc) is 3.27. The predicted octanol–water partition coefficient (Wildman–Crippen LogP) is 6.68. The molecule has 7 nitrogen and oxygen atoms in total.